The van der Waals surface area contributed by atoms with Gasteiger partial charge in [-0.1, -0.05) is 38.9 Å². The summed E-state index contributed by atoms with van der Waals surface area (Å²) in [6.45, 7) is 4.36. The smallest absolute Gasteiger partial charge is 0.128 e. The summed E-state index contributed by atoms with van der Waals surface area (Å²) in [7, 11) is 0. The Bertz CT molecular complexity index is 52.9. The van der Waals surface area contributed by atoms with Gasteiger partial charge in [0.2, 0.25) is 0 Å². The molecule has 0 heterocycles. The third-order valence-corrected chi connectivity index (χ3v) is 0.500. The predicted molar refractivity (Wildman–Crippen MR) is 46.4 cm³/mol. The van der Waals surface area contributed by atoms with Gasteiger partial charge in [0.05, 0.1) is 0 Å². The minimum atomic E-state index is 0. The number of hydrogen-bond acceptors (Lipinski definition) is 1. The minimum Gasteiger partial charge on any atom is -0.385 e. The van der Waals surface area contributed by atoms with Crippen LogP contribution in [0.25, 0.3) is 0 Å². The van der Waals surface area contributed by atoms with Gasteiger partial charge in [0, 0.05) is 21.7 Å². The SMILES string of the molecule is CCCC.NC(=S)S.[Ti]. The largest absolute Gasteiger partial charge is 0.385 e. The van der Waals surface area contributed by atoms with E-state index < -0.39 is 0 Å². The van der Waals surface area contributed by atoms with Crippen LogP contribution in [0, 0.1) is 0 Å². The number of nitrogens with two attached hydrogens (primary N) is 1. The Morgan fingerprint density at radius 1 is 1.44 bits per heavy atom. The summed E-state index contributed by atoms with van der Waals surface area (Å²) in [4.78, 5) is 0. The quantitative estimate of drug-likeness (QED) is 0.383. The monoisotopic (exact) mass is 199 g/mol. The summed E-state index contributed by atoms with van der Waals surface area (Å²) in [5.41, 5.74) is 4.71. The number of unbranched alkanes of at least 4 members (excludes halogenated alkanes) is 1. The summed E-state index contributed by atoms with van der Waals surface area (Å²) in [5.74, 6) is 0. The van der Waals surface area contributed by atoms with E-state index in [1.807, 2.05) is 0 Å². The van der Waals surface area contributed by atoms with Crippen molar-refractivity contribution in [1.29, 1.82) is 0 Å². The Balaban J connectivity index is -0.0000000720. The zero-order chi connectivity index (χ0) is 6.99. The molecule has 4 heteroatoms. The Hall–Kier alpha value is 0.954. The number of thiocarbonyl (C=S) groups is 1. The third-order valence-electron chi connectivity index (χ3n) is 0.500. The molecule has 9 heavy (non-hydrogen) atoms. The van der Waals surface area contributed by atoms with E-state index in [1.165, 1.54) is 12.8 Å². The van der Waals surface area contributed by atoms with Gasteiger partial charge in [-0.2, -0.15) is 0 Å². The molecule has 0 aliphatic rings. The first-order valence-corrected chi connectivity index (χ1v) is 3.49. The van der Waals surface area contributed by atoms with Crippen LogP contribution in [0.5, 0.6) is 0 Å². The Morgan fingerprint density at radius 2 is 1.56 bits per heavy atom. The van der Waals surface area contributed by atoms with Gasteiger partial charge in [0.15, 0.2) is 0 Å². The molecule has 0 aliphatic heterocycles. The van der Waals surface area contributed by atoms with E-state index in [0.29, 0.717) is 0 Å². The van der Waals surface area contributed by atoms with Crippen LogP contribution in [0.4, 0.5) is 0 Å². The minimum absolute atomic E-state index is 0. The van der Waals surface area contributed by atoms with Crippen LogP contribution >= 0.6 is 24.8 Å². The van der Waals surface area contributed by atoms with Crippen molar-refractivity contribution in [2.75, 3.05) is 0 Å². The van der Waals surface area contributed by atoms with E-state index in [-0.39, 0.29) is 26.0 Å². The zero-order valence-electron chi connectivity index (χ0n) is 5.85. The molecule has 0 spiro atoms. The molecule has 0 rings (SSSR count). The van der Waals surface area contributed by atoms with Gasteiger partial charge >= 0.3 is 0 Å². The van der Waals surface area contributed by atoms with Gasteiger partial charge in [0.25, 0.3) is 0 Å². The molecule has 0 unspecified atom stereocenters. The summed E-state index contributed by atoms with van der Waals surface area (Å²) in [6, 6.07) is 0. The zero-order valence-corrected chi connectivity index (χ0v) is 9.12. The fraction of sp³-hybridized carbons (Fsp3) is 0.800. The van der Waals surface area contributed by atoms with E-state index >= 15 is 0 Å². The molecule has 0 saturated heterocycles. The van der Waals surface area contributed by atoms with E-state index in [4.69, 9.17) is 5.73 Å². The Labute approximate surface area is 83.1 Å². The first kappa shape index (κ1) is 16.5. The van der Waals surface area contributed by atoms with Gasteiger partial charge in [-0.25, -0.2) is 0 Å². The van der Waals surface area contributed by atoms with Crippen molar-refractivity contribution in [2.45, 2.75) is 26.7 Å². The average molecular weight is 199 g/mol. The van der Waals surface area contributed by atoms with Crippen molar-refractivity contribution < 1.29 is 21.7 Å². The maximum Gasteiger partial charge on any atom is 0.128 e. The number of thiol groups is 1. The van der Waals surface area contributed by atoms with Crippen molar-refractivity contribution in [2.24, 2.45) is 5.73 Å². The average Bonchev–Trinajstić information content (AvgIpc) is 1.65. The molecule has 0 aliphatic carbocycles. The second-order valence-corrected chi connectivity index (χ2v) is 2.56. The van der Waals surface area contributed by atoms with Crippen LogP contribution in [0.3, 0.4) is 0 Å². The summed E-state index contributed by atoms with van der Waals surface area (Å²) in [5, 5.41) is 0. The van der Waals surface area contributed by atoms with Crippen molar-refractivity contribution in [1.82, 2.24) is 0 Å². The fourth-order valence-electron chi connectivity index (χ4n) is 0. The van der Waals surface area contributed by atoms with E-state index in [1.54, 1.807) is 0 Å². The van der Waals surface area contributed by atoms with Gasteiger partial charge < -0.3 is 5.73 Å². The summed E-state index contributed by atoms with van der Waals surface area (Å²) >= 11 is 7.65. The molecule has 0 aromatic carbocycles. The summed E-state index contributed by atoms with van der Waals surface area (Å²) < 4.78 is 0.194. The Kier molecular flexibility index (Phi) is 29.3. The standard InChI is InChI=1S/C4H10.CH3NS2.Ti/c1-3-4-2;2-1(3)4;/h3-4H2,1-2H3;(H3,2,3,4);. The second kappa shape index (κ2) is 16.0. The molecular weight excluding hydrogens is 186 g/mol. The molecular formula is C5H13NS2Ti. The van der Waals surface area contributed by atoms with Crippen LogP contribution in [-0.4, -0.2) is 4.32 Å². The molecule has 2 N–H and O–H groups in total. The van der Waals surface area contributed by atoms with E-state index in [2.05, 4.69) is 38.7 Å². The molecule has 0 atom stereocenters. The van der Waals surface area contributed by atoms with Crippen molar-refractivity contribution in [3.63, 3.8) is 0 Å². The topological polar surface area (TPSA) is 26.0 Å². The van der Waals surface area contributed by atoms with Crippen LogP contribution in [0.2, 0.25) is 0 Å². The fourth-order valence-corrected chi connectivity index (χ4v) is 0. The van der Waals surface area contributed by atoms with Crippen LogP contribution in [0.15, 0.2) is 0 Å². The molecule has 54 valence electrons. The van der Waals surface area contributed by atoms with Crippen LogP contribution in [0.1, 0.15) is 26.7 Å². The molecule has 0 saturated carbocycles. The second-order valence-electron chi connectivity index (χ2n) is 1.34. The molecule has 0 radical (unpaired) electrons. The van der Waals surface area contributed by atoms with Gasteiger partial charge in [-0.3, -0.25) is 0 Å². The van der Waals surface area contributed by atoms with Gasteiger partial charge in [-0.05, 0) is 0 Å². The van der Waals surface area contributed by atoms with E-state index in [0.717, 1.165) is 0 Å². The molecule has 0 aromatic rings. The molecule has 0 fully saturated rings. The van der Waals surface area contributed by atoms with Crippen molar-refractivity contribution in [3.8, 4) is 0 Å². The van der Waals surface area contributed by atoms with Crippen molar-refractivity contribution >= 4 is 29.2 Å². The molecule has 0 aromatic heterocycles. The molecule has 1 nitrogen and oxygen atoms in total. The van der Waals surface area contributed by atoms with Gasteiger partial charge in [0.1, 0.15) is 4.32 Å². The third kappa shape index (κ3) is 113. The summed E-state index contributed by atoms with van der Waals surface area (Å²) in [6.07, 6.45) is 2.64. The predicted octanol–water partition coefficient (Wildman–Crippen LogP) is 1.96. The normalized spacial score (nSPS) is 6.11. The van der Waals surface area contributed by atoms with Crippen molar-refractivity contribution in [3.05, 3.63) is 0 Å². The first-order valence-electron chi connectivity index (χ1n) is 2.63. The number of rotatable bonds is 1. The maximum atomic E-state index is 4.71. The van der Waals surface area contributed by atoms with E-state index in [9.17, 15) is 0 Å². The van der Waals surface area contributed by atoms with Crippen LogP contribution in [-0.2, 0) is 21.7 Å². The maximum absolute atomic E-state index is 4.71. The van der Waals surface area contributed by atoms with Crippen LogP contribution < -0.4 is 5.73 Å². The molecule has 0 bridgehead atoms. The Morgan fingerprint density at radius 3 is 1.56 bits per heavy atom. The number of hydrogen-bond donors (Lipinski definition) is 2. The van der Waals surface area contributed by atoms with Gasteiger partial charge in [-0.15, -0.1) is 12.6 Å². The molecule has 0 amide bonds. The first-order chi connectivity index (χ1) is 3.65.